The van der Waals surface area contributed by atoms with Crippen LogP contribution in [0.1, 0.15) is 49.1 Å². The summed E-state index contributed by atoms with van der Waals surface area (Å²) in [4.78, 5) is 25.1. The zero-order valence-electron chi connectivity index (χ0n) is 17.1. The number of hydrogen-bond donors (Lipinski definition) is 3. The number of rotatable bonds is 5. The lowest BCUT2D eigenvalue weighted by molar-refractivity contribution is -0.122. The summed E-state index contributed by atoms with van der Waals surface area (Å²) < 4.78 is 0. The predicted molar refractivity (Wildman–Crippen MR) is 117 cm³/mol. The SMILES string of the molecule is O=C1NCC(Cc2ccccc2)C(O)=C1C(=O)Nc1ccc(C2CCCCC2)cc1. The van der Waals surface area contributed by atoms with E-state index in [0.717, 1.165) is 5.56 Å². The maximum absolute atomic E-state index is 12.8. The van der Waals surface area contributed by atoms with Gasteiger partial charge in [0, 0.05) is 18.2 Å². The number of aliphatic hydroxyl groups is 1. The molecule has 0 saturated heterocycles. The fraction of sp³-hybridized carbons (Fsp3) is 0.360. The van der Waals surface area contributed by atoms with Crippen molar-refractivity contribution >= 4 is 17.5 Å². The number of nitrogens with one attached hydrogen (secondary N) is 2. The Morgan fingerprint density at radius 1 is 1.00 bits per heavy atom. The standard InChI is InChI=1S/C25H28N2O3/c28-23-20(15-17-7-3-1-4-8-17)16-26-24(29)22(23)25(30)27-21-13-11-19(12-14-21)18-9-5-2-6-10-18/h1,3-4,7-8,11-14,18,20,28H,2,5-6,9-10,15-16H2,(H,26,29)(H,27,30). The highest BCUT2D eigenvalue weighted by atomic mass is 16.3. The van der Waals surface area contributed by atoms with Crippen molar-refractivity contribution in [2.45, 2.75) is 44.4 Å². The van der Waals surface area contributed by atoms with Crippen molar-refractivity contribution in [3.05, 3.63) is 77.1 Å². The van der Waals surface area contributed by atoms with Crippen LogP contribution in [0.2, 0.25) is 0 Å². The molecule has 5 nitrogen and oxygen atoms in total. The van der Waals surface area contributed by atoms with E-state index in [0.29, 0.717) is 24.6 Å². The summed E-state index contributed by atoms with van der Waals surface area (Å²) in [5, 5.41) is 16.2. The lowest BCUT2D eigenvalue weighted by Gasteiger charge is -2.25. The molecule has 0 radical (unpaired) electrons. The number of carbonyl (C=O) groups is 2. The van der Waals surface area contributed by atoms with E-state index in [9.17, 15) is 14.7 Å². The number of anilines is 1. The van der Waals surface area contributed by atoms with Gasteiger partial charge in [0.2, 0.25) is 0 Å². The normalized spacial score (nSPS) is 20.0. The average Bonchev–Trinajstić information content (AvgIpc) is 2.78. The topological polar surface area (TPSA) is 78.4 Å². The van der Waals surface area contributed by atoms with Gasteiger partial charge in [-0.05, 0) is 48.4 Å². The van der Waals surface area contributed by atoms with Crippen molar-refractivity contribution in [3.8, 4) is 0 Å². The minimum absolute atomic E-state index is 0.140. The highest BCUT2D eigenvalue weighted by molar-refractivity contribution is 6.23. The molecule has 1 fully saturated rings. The third-order valence-electron chi connectivity index (χ3n) is 6.18. The Kier molecular flexibility index (Phi) is 6.17. The smallest absolute Gasteiger partial charge is 0.264 e. The van der Waals surface area contributed by atoms with Crippen molar-refractivity contribution in [2.24, 2.45) is 5.92 Å². The van der Waals surface area contributed by atoms with Crippen molar-refractivity contribution in [1.82, 2.24) is 5.32 Å². The van der Waals surface area contributed by atoms with Gasteiger partial charge in [-0.2, -0.15) is 0 Å². The first-order valence-electron chi connectivity index (χ1n) is 10.8. The summed E-state index contributed by atoms with van der Waals surface area (Å²) in [6, 6.07) is 17.6. The van der Waals surface area contributed by atoms with Gasteiger partial charge in [-0.1, -0.05) is 61.7 Å². The van der Waals surface area contributed by atoms with Crippen molar-refractivity contribution in [1.29, 1.82) is 0 Å². The van der Waals surface area contributed by atoms with Gasteiger partial charge in [0.1, 0.15) is 11.3 Å². The number of benzene rings is 2. The highest BCUT2D eigenvalue weighted by Crippen LogP contribution is 2.33. The molecule has 3 N–H and O–H groups in total. The Balaban J connectivity index is 1.46. The molecule has 0 bridgehead atoms. The molecule has 1 aliphatic heterocycles. The lowest BCUT2D eigenvalue weighted by Crippen LogP contribution is -2.42. The second-order valence-electron chi connectivity index (χ2n) is 8.27. The second kappa shape index (κ2) is 9.16. The molecule has 0 aromatic heterocycles. The average molecular weight is 405 g/mol. The lowest BCUT2D eigenvalue weighted by atomic mass is 9.84. The molecule has 0 spiro atoms. The van der Waals surface area contributed by atoms with E-state index in [2.05, 4.69) is 22.8 Å². The molecule has 1 heterocycles. The first-order valence-corrected chi connectivity index (χ1v) is 10.8. The van der Waals surface area contributed by atoms with Gasteiger partial charge in [-0.25, -0.2) is 0 Å². The molecular formula is C25H28N2O3. The van der Waals surface area contributed by atoms with Gasteiger partial charge >= 0.3 is 0 Å². The summed E-state index contributed by atoms with van der Waals surface area (Å²) in [6.07, 6.45) is 6.85. The predicted octanol–water partition coefficient (Wildman–Crippen LogP) is 4.47. The second-order valence-corrected chi connectivity index (χ2v) is 8.27. The molecular weight excluding hydrogens is 376 g/mol. The molecule has 2 aromatic carbocycles. The zero-order valence-corrected chi connectivity index (χ0v) is 17.1. The number of hydrogen-bond acceptors (Lipinski definition) is 3. The van der Waals surface area contributed by atoms with E-state index in [1.54, 1.807) is 0 Å². The van der Waals surface area contributed by atoms with Gasteiger partial charge in [-0.3, -0.25) is 9.59 Å². The Hall–Kier alpha value is -3.08. The first-order chi connectivity index (χ1) is 14.6. The number of carbonyl (C=O) groups excluding carboxylic acids is 2. The van der Waals surface area contributed by atoms with Crippen LogP contribution >= 0.6 is 0 Å². The van der Waals surface area contributed by atoms with Crippen LogP contribution in [0.25, 0.3) is 0 Å². The Labute approximate surface area is 177 Å². The molecule has 30 heavy (non-hydrogen) atoms. The van der Waals surface area contributed by atoms with Crippen LogP contribution in [0, 0.1) is 5.92 Å². The van der Waals surface area contributed by atoms with E-state index in [-0.39, 0.29) is 17.3 Å². The molecule has 2 aliphatic rings. The van der Waals surface area contributed by atoms with E-state index in [1.807, 2.05) is 42.5 Å². The van der Waals surface area contributed by atoms with Crippen LogP contribution < -0.4 is 10.6 Å². The van der Waals surface area contributed by atoms with Crippen LogP contribution in [0.5, 0.6) is 0 Å². The van der Waals surface area contributed by atoms with Crippen LogP contribution in [0.4, 0.5) is 5.69 Å². The molecule has 1 unspecified atom stereocenters. The molecule has 1 saturated carbocycles. The summed E-state index contributed by atoms with van der Waals surface area (Å²) in [6.45, 7) is 0.312. The monoisotopic (exact) mass is 404 g/mol. The highest BCUT2D eigenvalue weighted by Gasteiger charge is 2.32. The Morgan fingerprint density at radius 3 is 2.40 bits per heavy atom. The molecule has 5 heteroatoms. The minimum atomic E-state index is -0.576. The number of aliphatic hydroxyl groups excluding tert-OH is 1. The number of amides is 2. The maximum atomic E-state index is 12.8. The van der Waals surface area contributed by atoms with Crippen molar-refractivity contribution < 1.29 is 14.7 Å². The van der Waals surface area contributed by atoms with E-state index in [4.69, 9.17) is 0 Å². The summed E-state index contributed by atoms with van der Waals surface area (Å²) in [5.74, 6) is -0.974. The van der Waals surface area contributed by atoms with Crippen LogP contribution in [0.3, 0.4) is 0 Å². The van der Waals surface area contributed by atoms with Gasteiger partial charge in [0.05, 0.1) is 0 Å². The third-order valence-corrected chi connectivity index (χ3v) is 6.18. The van der Waals surface area contributed by atoms with Crippen molar-refractivity contribution in [2.75, 3.05) is 11.9 Å². The van der Waals surface area contributed by atoms with Crippen molar-refractivity contribution in [3.63, 3.8) is 0 Å². The van der Waals surface area contributed by atoms with Gasteiger partial charge in [0.15, 0.2) is 0 Å². The van der Waals surface area contributed by atoms with E-state index >= 15 is 0 Å². The Morgan fingerprint density at radius 2 is 1.70 bits per heavy atom. The van der Waals surface area contributed by atoms with Crippen LogP contribution in [0.15, 0.2) is 65.9 Å². The van der Waals surface area contributed by atoms with Gasteiger partial charge in [0.25, 0.3) is 11.8 Å². The summed E-state index contributed by atoms with van der Waals surface area (Å²) in [5.41, 5.74) is 2.77. The van der Waals surface area contributed by atoms with E-state index in [1.165, 1.54) is 37.7 Å². The van der Waals surface area contributed by atoms with Crippen LogP contribution in [-0.2, 0) is 16.0 Å². The molecule has 156 valence electrons. The third kappa shape index (κ3) is 4.56. The summed E-state index contributed by atoms with van der Waals surface area (Å²) >= 11 is 0. The molecule has 1 aliphatic carbocycles. The van der Waals surface area contributed by atoms with Crippen LogP contribution in [-0.4, -0.2) is 23.5 Å². The maximum Gasteiger partial charge on any atom is 0.264 e. The molecule has 4 rings (SSSR count). The first kappa shape index (κ1) is 20.2. The molecule has 1 atom stereocenters. The summed E-state index contributed by atoms with van der Waals surface area (Å²) in [7, 11) is 0. The largest absolute Gasteiger partial charge is 0.511 e. The fourth-order valence-electron chi connectivity index (χ4n) is 4.48. The van der Waals surface area contributed by atoms with Gasteiger partial charge < -0.3 is 15.7 Å². The van der Waals surface area contributed by atoms with E-state index < -0.39 is 11.8 Å². The molecule has 2 amide bonds. The fourth-order valence-corrected chi connectivity index (χ4v) is 4.48. The quantitative estimate of drug-likeness (QED) is 0.643. The minimum Gasteiger partial charge on any atom is -0.511 e. The molecule has 2 aromatic rings. The zero-order chi connectivity index (χ0) is 20.9. The van der Waals surface area contributed by atoms with Gasteiger partial charge in [-0.15, -0.1) is 0 Å². The Bertz CT molecular complexity index is 929.